The molecule has 0 rings (SSSR count). The Morgan fingerprint density at radius 1 is 1.44 bits per heavy atom. The lowest BCUT2D eigenvalue weighted by molar-refractivity contribution is 0.439. The highest BCUT2D eigenvalue weighted by Gasteiger charge is 1.68. The predicted octanol–water partition coefficient (Wildman–Crippen LogP) is 1.94. The minimum atomic E-state index is -0.440. The van der Waals surface area contributed by atoms with E-state index >= 15 is 0 Å². The zero-order valence-electron chi connectivity index (χ0n) is 5.17. The average molecular weight is 123 g/mol. The molecule has 0 aliphatic rings. The average Bonchev–Trinajstić information content (AvgIpc) is 1.89. The van der Waals surface area contributed by atoms with Crippen LogP contribution in [0.3, 0.4) is 0 Å². The summed E-state index contributed by atoms with van der Waals surface area (Å²) >= 11 is 0. The Labute approximate surface area is 55.1 Å². The van der Waals surface area contributed by atoms with Gasteiger partial charge in [0.1, 0.15) is 6.07 Å². The van der Waals surface area contributed by atoms with Crippen molar-refractivity contribution in [2.75, 3.05) is 0 Å². The van der Waals surface area contributed by atoms with E-state index < -0.39 is 5.76 Å². The molecule has 0 spiro atoms. The van der Waals surface area contributed by atoms with Gasteiger partial charge in [0, 0.05) is 0 Å². The third kappa shape index (κ3) is 58.1. The van der Waals surface area contributed by atoms with Gasteiger partial charge in [-0.2, -0.15) is 5.26 Å². The topological polar surface area (TPSA) is 44.0 Å². The van der Waals surface area contributed by atoms with Gasteiger partial charge in [-0.15, -0.1) is 0 Å². The molecule has 0 aliphatic heterocycles. The van der Waals surface area contributed by atoms with Crippen LogP contribution in [0.15, 0.2) is 37.6 Å². The van der Waals surface area contributed by atoms with E-state index in [1.807, 2.05) is 0 Å². The number of allylic oxidation sites excluding steroid dienone is 3. The predicted molar refractivity (Wildman–Crippen MR) is 37.8 cm³/mol. The lowest BCUT2D eigenvalue weighted by Gasteiger charge is -1.64. The van der Waals surface area contributed by atoms with Crippen LogP contribution in [0.4, 0.5) is 0 Å². The van der Waals surface area contributed by atoms with Gasteiger partial charge >= 0.3 is 0 Å². The molecule has 0 saturated carbocycles. The van der Waals surface area contributed by atoms with E-state index in [1.165, 1.54) is 6.07 Å². The van der Waals surface area contributed by atoms with Crippen molar-refractivity contribution in [1.29, 1.82) is 5.26 Å². The van der Waals surface area contributed by atoms with Gasteiger partial charge in [-0.05, 0) is 6.58 Å². The molecule has 9 heavy (non-hydrogen) atoms. The number of nitrogens with zero attached hydrogens (tertiary/aromatic N) is 1. The molecule has 0 aromatic rings. The zero-order valence-corrected chi connectivity index (χ0v) is 5.17. The van der Waals surface area contributed by atoms with Crippen molar-refractivity contribution in [2.24, 2.45) is 0 Å². The lowest BCUT2D eigenvalue weighted by atomic mass is 10.6. The van der Waals surface area contributed by atoms with Crippen LogP contribution in [0, 0.1) is 11.3 Å². The Kier molecular flexibility index (Phi) is 11.3. The second-order valence-corrected chi connectivity index (χ2v) is 1.03. The SMILES string of the molecule is C=C(O)C#N.C=CC=C. The van der Waals surface area contributed by atoms with Gasteiger partial charge in [0.25, 0.3) is 0 Å². The van der Waals surface area contributed by atoms with E-state index in [9.17, 15) is 0 Å². The summed E-state index contributed by atoms with van der Waals surface area (Å²) in [6.07, 6.45) is 3.28. The largest absolute Gasteiger partial charge is 0.500 e. The van der Waals surface area contributed by atoms with Gasteiger partial charge in [-0.25, -0.2) is 0 Å². The molecule has 0 aromatic carbocycles. The molecule has 0 fully saturated rings. The summed E-state index contributed by atoms with van der Waals surface area (Å²) in [7, 11) is 0. The number of hydrogen-bond acceptors (Lipinski definition) is 2. The number of rotatable bonds is 1. The monoisotopic (exact) mass is 123 g/mol. The number of aliphatic hydroxyl groups is 1. The molecule has 2 nitrogen and oxygen atoms in total. The van der Waals surface area contributed by atoms with Crippen LogP contribution in [-0.2, 0) is 0 Å². The van der Waals surface area contributed by atoms with Crippen molar-refractivity contribution in [2.45, 2.75) is 0 Å². The second-order valence-electron chi connectivity index (χ2n) is 1.03. The highest BCUT2D eigenvalue weighted by atomic mass is 16.3. The summed E-state index contributed by atoms with van der Waals surface area (Å²) in [5.74, 6) is -0.440. The van der Waals surface area contributed by atoms with Crippen LogP contribution in [0.2, 0.25) is 0 Å². The summed E-state index contributed by atoms with van der Waals surface area (Å²) in [5, 5.41) is 15.3. The van der Waals surface area contributed by atoms with Crippen LogP contribution in [0.25, 0.3) is 0 Å². The fraction of sp³-hybridized carbons (Fsp3) is 0. The third-order valence-corrected chi connectivity index (χ3v) is 0.296. The number of nitriles is 1. The van der Waals surface area contributed by atoms with Crippen molar-refractivity contribution in [3.8, 4) is 6.07 Å². The summed E-state index contributed by atoms with van der Waals surface area (Å²) in [4.78, 5) is 0. The molecule has 48 valence electrons. The van der Waals surface area contributed by atoms with Gasteiger partial charge < -0.3 is 5.11 Å². The first kappa shape index (κ1) is 10.5. The van der Waals surface area contributed by atoms with Crippen LogP contribution in [0.5, 0.6) is 0 Å². The summed E-state index contributed by atoms with van der Waals surface area (Å²) in [6, 6.07) is 1.39. The summed E-state index contributed by atoms with van der Waals surface area (Å²) in [5.41, 5.74) is 0. The maximum Gasteiger partial charge on any atom is 0.187 e. The molecule has 0 amide bonds. The van der Waals surface area contributed by atoms with E-state index in [0.717, 1.165) is 0 Å². The van der Waals surface area contributed by atoms with Gasteiger partial charge in [-0.3, -0.25) is 0 Å². The Balaban J connectivity index is 0. The highest BCUT2D eigenvalue weighted by molar-refractivity contribution is 5.04. The maximum absolute atomic E-state index is 7.81. The first-order valence-electron chi connectivity index (χ1n) is 2.20. The smallest absolute Gasteiger partial charge is 0.187 e. The van der Waals surface area contributed by atoms with E-state index in [1.54, 1.807) is 12.2 Å². The van der Waals surface area contributed by atoms with E-state index in [-0.39, 0.29) is 0 Å². The van der Waals surface area contributed by atoms with Crippen molar-refractivity contribution >= 4 is 0 Å². The van der Waals surface area contributed by atoms with E-state index in [2.05, 4.69) is 19.7 Å². The molecule has 0 heterocycles. The molecule has 0 aliphatic carbocycles. The maximum atomic E-state index is 7.81. The van der Waals surface area contributed by atoms with E-state index in [4.69, 9.17) is 10.4 Å². The fourth-order valence-electron chi connectivity index (χ4n) is 0. The van der Waals surface area contributed by atoms with Gasteiger partial charge in [0.2, 0.25) is 0 Å². The van der Waals surface area contributed by atoms with Crippen molar-refractivity contribution < 1.29 is 5.11 Å². The molecule has 2 heteroatoms. The third-order valence-electron chi connectivity index (χ3n) is 0.296. The van der Waals surface area contributed by atoms with Crippen molar-refractivity contribution in [3.63, 3.8) is 0 Å². The zero-order chi connectivity index (χ0) is 7.70. The molecule has 1 N–H and O–H groups in total. The first-order chi connectivity index (χ1) is 4.18. The Hall–Kier alpha value is -1.49. The first-order valence-corrected chi connectivity index (χ1v) is 2.20. The Morgan fingerprint density at radius 2 is 1.67 bits per heavy atom. The molecular formula is C7H9NO. The minimum absolute atomic E-state index is 0.440. The Morgan fingerprint density at radius 3 is 1.67 bits per heavy atom. The molecule has 0 radical (unpaired) electrons. The van der Waals surface area contributed by atoms with Crippen LogP contribution in [0.1, 0.15) is 0 Å². The lowest BCUT2D eigenvalue weighted by Crippen LogP contribution is -1.60. The minimum Gasteiger partial charge on any atom is -0.500 e. The highest BCUT2D eigenvalue weighted by Crippen LogP contribution is 1.68. The normalized spacial score (nSPS) is 5.22. The molecule has 0 bridgehead atoms. The summed E-state index contributed by atoms with van der Waals surface area (Å²) < 4.78 is 0. The standard InChI is InChI=1S/C4H6.C3H3NO/c1-3-4-2;1-3(5)2-4/h3-4H,1-2H2;5H,1H2. The molecular weight excluding hydrogens is 114 g/mol. The van der Waals surface area contributed by atoms with Crippen LogP contribution < -0.4 is 0 Å². The fourth-order valence-corrected chi connectivity index (χ4v) is 0. The Bertz CT molecular complexity index is 135. The summed E-state index contributed by atoms with van der Waals surface area (Å²) in [6.45, 7) is 9.59. The van der Waals surface area contributed by atoms with E-state index in [0.29, 0.717) is 0 Å². The van der Waals surface area contributed by atoms with Crippen molar-refractivity contribution in [1.82, 2.24) is 0 Å². The van der Waals surface area contributed by atoms with Crippen LogP contribution >= 0.6 is 0 Å². The quantitative estimate of drug-likeness (QED) is 0.250. The van der Waals surface area contributed by atoms with Gasteiger partial charge in [0.15, 0.2) is 5.76 Å². The van der Waals surface area contributed by atoms with Gasteiger partial charge in [-0.1, -0.05) is 25.3 Å². The molecule has 0 aromatic heterocycles. The molecule has 0 atom stereocenters. The van der Waals surface area contributed by atoms with Gasteiger partial charge in [0.05, 0.1) is 0 Å². The molecule has 0 saturated heterocycles. The number of hydrogen-bond donors (Lipinski definition) is 1. The molecule has 0 unspecified atom stereocenters. The second kappa shape index (κ2) is 9.72. The number of aliphatic hydroxyl groups excluding tert-OH is 1. The van der Waals surface area contributed by atoms with Crippen LogP contribution in [-0.4, -0.2) is 5.11 Å². The van der Waals surface area contributed by atoms with Crippen molar-refractivity contribution in [3.05, 3.63) is 37.6 Å².